The molecule has 0 unspecified atom stereocenters. The molecule has 2 aromatic carbocycles. The molecule has 1 aliphatic rings. The molecule has 198 valence electrons. The second-order valence-corrected chi connectivity index (χ2v) is 8.76. The third kappa shape index (κ3) is 5.01. The Morgan fingerprint density at radius 2 is 1.87 bits per heavy atom. The van der Waals surface area contributed by atoms with Crippen LogP contribution in [-0.2, 0) is 6.54 Å². The van der Waals surface area contributed by atoms with E-state index in [2.05, 4.69) is 20.8 Å². The summed E-state index contributed by atoms with van der Waals surface area (Å²) in [6.07, 6.45) is -1.39. The van der Waals surface area contributed by atoms with E-state index in [-0.39, 0.29) is 24.5 Å². The number of aromatic nitrogens is 4. The van der Waals surface area contributed by atoms with Gasteiger partial charge < -0.3 is 20.1 Å². The Morgan fingerprint density at radius 3 is 2.53 bits per heavy atom. The lowest BCUT2D eigenvalue weighted by Crippen LogP contribution is -2.35. The van der Waals surface area contributed by atoms with Crippen molar-refractivity contribution < 1.29 is 27.4 Å². The monoisotopic (exact) mass is 526 g/mol. The third-order valence-electron chi connectivity index (χ3n) is 6.39. The van der Waals surface area contributed by atoms with E-state index >= 15 is 0 Å². The summed E-state index contributed by atoms with van der Waals surface area (Å²) < 4.78 is 55.2. The maximum absolute atomic E-state index is 14.0. The van der Waals surface area contributed by atoms with Crippen molar-refractivity contribution in [1.29, 1.82) is 0 Å². The highest BCUT2D eigenvalue weighted by Gasteiger charge is 2.47. The van der Waals surface area contributed by atoms with Gasteiger partial charge >= 0.3 is 6.18 Å². The molecule has 0 saturated carbocycles. The van der Waals surface area contributed by atoms with E-state index in [0.29, 0.717) is 17.1 Å². The molecule has 0 bridgehead atoms. The van der Waals surface area contributed by atoms with E-state index in [4.69, 9.17) is 9.47 Å². The number of anilines is 1. The molecule has 0 saturated heterocycles. The smallest absolute Gasteiger partial charge is 0.410 e. The van der Waals surface area contributed by atoms with Crippen molar-refractivity contribution in [2.24, 2.45) is 0 Å². The molecule has 9 nitrogen and oxygen atoms in total. The van der Waals surface area contributed by atoms with Crippen LogP contribution in [0, 0.1) is 0 Å². The first kappa shape index (κ1) is 25.2. The fraction of sp³-hybridized carbons (Fsp3) is 0.269. The summed E-state index contributed by atoms with van der Waals surface area (Å²) in [7, 11) is 2.94. The lowest BCUT2D eigenvalue weighted by Gasteiger charge is -2.33. The van der Waals surface area contributed by atoms with Crippen molar-refractivity contribution in [2.75, 3.05) is 19.5 Å². The van der Waals surface area contributed by atoms with Crippen molar-refractivity contribution in [3.63, 3.8) is 0 Å². The number of ether oxygens (including phenoxy) is 2. The topological polar surface area (TPSA) is 95.2 Å². The quantitative estimate of drug-likeness (QED) is 0.363. The van der Waals surface area contributed by atoms with Crippen LogP contribution in [0.15, 0.2) is 67.0 Å². The molecule has 5 rings (SSSR count). The summed E-state index contributed by atoms with van der Waals surface area (Å²) in [4.78, 5) is 12.8. The molecule has 3 heterocycles. The van der Waals surface area contributed by atoms with Gasteiger partial charge in [0.1, 0.15) is 5.82 Å². The van der Waals surface area contributed by atoms with Gasteiger partial charge in [-0.1, -0.05) is 18.2 Å². The summed E-state index contributed by atoms with van der Waals surface area (Å²) >= 11 is 0. The van der Waals surface area contributed by atoms with E-state index < -0.39 is 24.2 Å². The zero-order chi connectivity index (χ0) is 26.9. The van der Waals surface area contributed by atoms with E-state index in [1.54, 1.807) is 29.1 Å². The Labute approximate surface area is 216 Å². The van der Waals surface area contributed by atoms with Gasteiger partial charge in [-0.25, -0.2) is 9.36 Å². The average molecular weight is 527 g/mol. The molecule has 2 aromatic heterocycles. The van der Waals surface area contributed by atoms with Crippen molar-refractivity contribution in [3.8, 4) is 17.2 Å². The number of nitrogens with one attached hydrogen (secondary N) is 2. The molecule has 1 aliphatic heterocycles. The summed E-state index contributed by atoms with van der Waals surface area (Å²) in [6.45, 7) is 0.185. The van der Waals surface area contributed by atoms with Gasteiger partial charge in [-0.3, -0.25) is 4.79 Å². The fourth-order valence-electron chi connectivity index (χ4n) is 4.43. The predicted molar refractivity (Wildman–Crippen MR) is 133 cm³/mol. The first-order chi connectivity index (χ1) is 18.3. The number of carbonyl (C=O) groups is 1. The number of amides is 1. The zero-order valence-electron chi connectivity index (χ0n) is 20.6. The van der Waals surface area contributed by atoms with Gasteiger partial charge in [0.15, 0.2) is 23.2 Å². The normalized spacial score (nSPS) is 16.9. The van der Waals surface area contributed by atoms with Crippen molar-refractivity contribution in [2.45, 2.75) is 31.2 Å². The molecular formula is C26H25F3N6O3. The van der Waals surface area contributed by atoms with Gasteiger partial charge in [-0.2, -0.15) is 23.4 Å². The van der Waals surface area contributed by atoms with Crippen molar-refractivity contribution in [1.82, 2.24) is 24.9 Å². The molecule has 0 radical (unpaired) electrons. The highest BCUT2D eigenvalue weighted by Crippen LogP contribution is 2.44. The molecule has 2 atom stereocenters. The lowest BCUT2D eigenvalue weighted by atomic mass is 9.96. The van der Waals surface area contributed by atoms with Crippen LogP contribution in [0.3, 0.4) is 0 Å². The second kappa shape index (κ2) is 10.1. The molecule has 12 heteroatoms. The van der Waals surface area contributed by atoms with Crippen LogP contribution >= 0.6 is 0 Å². The van der Waals surface area contributed by atoms with Gasteiger partial charge in [0.2, 0.25) is 0 Å². The van der Waals surface area contributed by atoms with Crippen LogP contribution in [0.25, 0.3) is 5.69 Å². The number of alkyl halides is 3. The van der Waals surface area contributed by atoms with E-state index in [1.165, 1.54) is 20.3 Å². The molecule has 38 heavy (non-hydrogen) atoms. The lowest BCUT2D eigenvalue weighted by molar-refractivity contribution is -0.173. The number of fused-ring (bicyclic) bond motifs is 1. The van der Waals surface area contributed by atoms with Gasteiger partial charge in [0, 0.05) is 31.4 Å². The molecule has 4 aromatic rings. The van der Waals surface area contributed by atoms with Crippen molar-refractivity contribution >= 4 is 11.7 Å². The number of carbonyl (C=O) groups excluding carboxylic acids is 1. The minimum Gasteiger partial charge on any atom is -0.493 e. The number of methoxy groups -OCH3 is 2. The number of rotatable bonds is 7. The van der Waals surface area contributed by atoms with Crippen LogP contribution in [-0.4, -0.2) is 45.9 Å². The zero-order valence-corrected chi connectivity index (χ0v) is 20.6. The summed E-state index contributed by atoms with van der Waals surface area (Å²) in [5.41, 5.74) is 2.16. The van der Waals surface area contributed by atoms with Gasteiger partial charge in [-0.15, -0.1) is 0 Å². The molecule has 0 spiro atoms. The molecule has 0 aliphatic carbocycles. The Morgan fingerprint density at radius 1 is 1.11 bits per heavy atom. The summed E-state index contributed by atoms with van der Waals surface area (Å²) in [6, 6.07) is 12.9. The number of hydrogen-bond acceptors (Lipinski definition) is 6. The van der Waals surface area contributed by atoms with Gasteiger partial charge in [0.25, 0.3) is 5.91 Å². The standard InChI is InChI=1S/C26H25F3N6O3/c1-37-21-9-6-17(12-22(21)38-2)19-13-23(26(27,28)29)35-24(32-19)14-20(33-35)25(36)30-15-16-4-7-18(8-5-16)34-11-3-10-31-34/h3-12,14,19,23,32H,13,15H2,1-2H3,(H,30,36)/t19-,23+/m1/s1. The van der Waals surface area contributed by atoms with E-state index in [9.17, 15) is 18.0 Å². The Bertz CT molecular complexity index is 1420. The Hall–Kier alpha value is -4.48. The van der Waals surface area contributed by atoms with Crippen molar-refractivity contribution in [3.05, 3.63) is 83.8 Å². The third-order valence-corrected chi connectivity index (χ3v) is 6.39. The highest BCUT2D eigenvalue weighted by atomic mass is 19.4. The number of hydrogen-bond donors (Lipinski definition) is 2. The predicted octanol–water partition coefficient (Wildman–Crippen LogP) is 4.68. The maximum Gasteiger partial charge on any atom is 0.410 e. The fourth-order valence-corrected chi connectivity index (χ4v) is 4.43. The molecule has 2 N–H and O–H groups in total. The van der Waals surface area contributed by atoms with Crippen LogP contribution < -0.4 is 20.1 Å². The Kier molecular flexibility index (Phi) is 6.70. The first-order valence-corrected chi connectivity index (χ1v) is 11.8. The Balaban J connectivity index is 1.33. The first-order valence-electron chi connectivity index (χ1n) is 11.8. The SMILES string of the molecule is COc1ccc([C@H]2C[C@@H](C(F)(F)F)n3nc(C(=O)NCc4ccc(-n5cccn5)cc4)cc3N2)cc1OC. The minimum atomic E-state index is -4.57. The largest absolute Gasteiger partial charge is 0.493 e. The minimum absolute atomic E-state index is 0.104. The molecular weight excluding hydrogens is 501 g/mol. The van der Waals surface area contributed by atoms with Crippen LogP contribution in [0.2, 0.25) is 0 Å². The molecule has 1 amide bonds. The van der Waals surface area contributed by atoms with Crippen LogP contribution in [0.4, 0.5) is 19.0 Å². The van der Waals surface area contributed by atoms with E-state index in [1.807, 2.05) is 36.5 Å². The van der Waals surface area contributed by atoms with Crippen LogP contribution in [0.5, 0.6) is 11.5 Å². The summed E-state index contributed by atoms with van der Waals surface area (Å²) in [5.74, 6) is 0.409. The van der Waals surface area contributed by atoms with Gasteiger partial charge in [-0.05, 0) is 41.5 Å². The number of nitrogens with zero attached hydrogens (tertiary/aromatic N) is 4. The number of benzene rings is 2. The maximum atomic E-state index is 14.0. The number of halogens is 3. The van der Waals surface area contributed by atoms with Gasteiger partial charge in [0.05, 0.1) is 25.9 Å². The summed E-state index contributed by atoms with van der Waals surface area (Å²) in [5, 5.41) is 14.0. The van der Waals surface area contributed by atoms with E-state index in [0.717, 1.165) is 15.9 Å². The average Bonchev–Trinajstić information content (AvgIpc) is 3.61. The highest BCUT2D eigenvalue weighted by molar-refractivity contribution is 5.93. The molecule has 0 fully saturated rings. The van der Waals surface area contributed by atoms with Crippen LogP contribution in [0.1, 0.15) is 40.1 Å². The second-order valence-electron chi connectivity index (χ2n) is 8.76.